The Bertz CT molecular complexity index is 629. The average Bonchev–Trinajstić information content (AvgIpc) is 2.92. The molecule has 1 aromatic heterocycles. The molecule has 2 aromatic rings. The van der Waals surface area contributed by atoms with Gasteiger partial charge in [-0.1, -0.05) is 23.3 Å². The summed E-state index contributed by atoms with van der Waals surface area (Å²) in [5.74, 6) is 0.741. The third-order valence-electron chi connectivity index (χ3n) is 4.26. The molecule has 0 saturated carbocycles. The van der Waals surface area contributed by atoms with Crippen molar-refractivity contribution in [3.63, 3.8) is 0 Å². The third kappa shape index (κ3) is 3.68. The molecule has 7 heteroatoms. The van der Waals surface area contributed by atoms with Gasteiger partial charge in [-0.05, 0) is 55.9 Å². The maximum atomic E-state index is 10.8. The van der Waals surface area contributed by atoms with E-state index < -0.39 is 5.60 Å². The molecule has 124 valence electrons. The summed E-state index contributed by atoms with van der Waals surface area (Å²) in [4.78, 5) is 4.21. The molecule has 0 amide bonds. The molecule has 0 unspecified atom stereocenters. The van der Waals surface area contributed by atoms with Crippen LogP contribution >= 0.6 is 0 Å². The van der Waals surface area contributed by atoms with Crippen molar-refractivity contribution in [1.29, 1.82) is 0 Å². The molecule has 2 heterocycles. The molecule has 3 rings (SSSR count). The van der Waals surface area contributed by atoms with Gasteiger partial charge in [0.15, 0.2) is 0 Å². The van der Waals surface area contributed by atoms with Crippen molar-refractivity contribution in [2.75, 3.05) is 38.6 Å². The highest BCUT2D eigenvalue weighted by Gasteiger charge is 2.32. The Labute approximate surface area is 136 Å². The number of tetrazole rings is 1. The molecule has 1 atom stereocenters. The summed E-state index contributed by atoms with van der Waals surface area (Å²) >= 11 is 0. The molecule has 7 nitrogen and oxygen atoms in total. The number of benzene rings is 1. The second kappa shape index (κ2) is 6.64. The molecule has 1 aliphatic heterocycles. The summed E-state index contributed by atoms with van der Waals surface area (Å²) in [6.45, 7) is 2.28. The summed E-state index contributed by atoms with van der Waals surface area (Å²) < 4.78 is 1.76. The summed E-state index contributed by atoms with van der Waals surface area (Å²) in [5, 5.41) is 23.0. The number of rotatable bonds is 4. The first-order valence-electron chi connectivity index (χ1n) is 8.03. The fourth-order valence-electron chi connectivity index (χ4n) is 3.24. The highest BCUT2D eigenvalue weighted by atomic mass is 16.3. The molecule has 0 aliphatic carbocycles. The van der Waals surface area contributed by atoms with Crippen LogP contribution in [0.1, 0.15) is 19.3 Å². The molecule has 1 aromatic carbocycles. The van der Waals surface area contributed by atoms with Crippen LogP contribution < -0.4 is 4.90 Å². The number of likely N-dealkylation sites (N-methyl/N-ethyl adjacent to an activating group) is 1. The zero-order valence-electron chi connectivity index (χ0n) is 13.8. The third-order valence-corrected chi connectivity index (χ3v) is 4.26. The Hall–Kier alpha value is -1.99. The van der Waals surface area contributed by atoms with Crippen LogP contribution in [0.15, 0.2) is 30.3 Å². The van der Waals surface area contributed by atoms with Gasteiger partial charge in [-0.3, -0.25) is 0 Å². The number of hydrogen-bond donors (Lipinski definition) is 1. The second-order valence-corrected chi connectivity index (χ2v) is 6.53. The van der Waals surface area contributed by atoms with Gasteiger partial charge in [-0.15, -0.1) is 0 Å². The smallest absolute Gasteiger partial charge is 0.250 e. The molecule has 1 fully saturated rings. The maximum Gasteiger partial charge on any atom is 0.250 e. The Balaban J connectivity index is 1.78. The summed E-state index contributed by atoms with van der Waals surface area (Å²) in [7, 11) is 3.99. The lowest BCUT2D eigenvalue weighted by molar-refractivity contribution is 0.00536. The lowest BCUT2D eigenvalue weighted by atomic mass is 9.94. The van der Waals surface area contributed by atoms with E-state index in [-0.39, 0.29) is 0 Å². The minimum atomic E-state index is -0.636. The summed E-state index contributed by atoms with van der Waals surface area (Å²) in [6.07, 6.45) is 2.44. The Kier molecular flexibility index (Phi) is 4.58. The van der Waals surface area contributed by atoms with Crippen LogP contribution in [0.5, 0.6) is 0 Å². The van der Waals surface area contributed by atoms with Gasteiger partial charge in [-0.25, -0.2) is 0 Å². The quantitative estimate of drug-likeness (QED) is 0.905. The predicted octanol–water partition coefficient (Wildman–Crippen LogP) is 0.945. The molecule has 1 aliphatic rings. The van der Waals surface area contributed by atoms with Gasteiger partial charge in [0.2, 0.25) is 5.95 Å². The van der Waals surface area contributed by atoms with Crippen LogP contribution in [-0.4, -0.2) is 69.5 Å². The van der Waals surface area contributed by atoms with Crippen molar-refractivity contribution >= 4 is 5.95 Å². The van der Waals surface area contributed by atoms with Gasteiger partial charge >= 0.3 is 0 Å². The normalized spacial score (nSPS) is 22.3. The number of para-hydroxylation sites is 1. The van der Waals surface area contributed by atoms with Crippen molar-refractivity contribution in [1.82, 2.24) is 25.1 Å². The molecule has 1 saturated heterocycles. The van der Waals surface area contributed by atoms with Gasteiger partial charge < -0.3 is 14.9 Å². The number of nitrogens with zero attached hydrogens (tertiary/aromatic N) is 6. The molecule has 0 spiro atoms. The van der Waals surface area contributed by atoms with Gasteiger partial charge in [0.05, 0.1) is 11.3 Å². The standard InChI is InChI=1S/C16H24N6O/c1-20(2)13-16(23)9-6-11-21(12-10-16)15-17-18-19-22(15)14-7-4-3-5-8-14/h3-5,7-8,23H,6,9-13H2,1-2H3/t16-/m0/s1. The SMILES string of the molecule is CN(C)C[C@]1(O)CCCN(c2nnnn2-c2ccccc2)CC1. The van der Waals surface area contributed by atoms with Crippen molar-refractivity contribution < 1.29 is 5.11 Å². The van der Waals surface area contributed by atoms with Crippen LogP contribution in [0.4, 0.5) is 5.95 Å². The molecule has 1 N–H and O–H groups in total. The average molecular weight is 316 g/mol. The number of hydrogen-bond acceptors (Lipinski definition) is 6. The van der Waals surface area contributed by atoms with Crippen LogP contribution in [-0.2, 0) is 0 Å². The van der Waals surface area contributed by atoms with Gasteiger partial charge in [0, 0.05) is 19.6 Å². The first-order valence-corrected chi connectivity index (χ1v) is 8.03. The predicted molar refractivity (Wildman–Crippen MR) is 88.7 cm³/mol. The first kappa shape index (κ1) is 15.9. The Morgan fingerprint density at radius 3 is 2.70 bits per heavy atom. The Morgan fingerprint density at radius 2 is 1.96 bits per heavy atom. The highest BCUT2D eigenvalue weighted by molar-refractivity contribution is 5.40. The van der Waals surface area contributed by atoms with Crippen molar-refractivity contribution in [2.24, 2.45) is 0 Å². The van der Waals surface area contributed by atoms with Crippen LogP contribution in [0.25, 0.3) is 5.69 Å². The lowest BCUT2D eigenvalue weighted by Gasteiger charge is -2.29. The molecule has 0 bridgehead atoms. The number of aliphatic hydroxyl groups is 1. The van der Waals surface area contributed by atoms with Crippen molar-refractivity contribution in [3.05, 3.63) is 30.3 Å². The fraction of sp³-hybridized carbons (Fsp3) is 0.562. The number of anilines is 1. The molecule has 23 heavy (non-hydrogen) atoms. The largest absolute Gasteiger partial charge is 0.388 e. The van der Waals surface area contributed by atoms with E-state index in [1.54, 1.807) is 4.68 Å². The van der Waals surface area contributed by atoms with E-state index in [0.29, 0.717) is 13.0 Å². The summed E-state index contributed by atoms with van der Waals surface area (Å²) in [6, 6.07) is 9.89. The van der Waals surface area contributed by atoms with E-state index in [1.165, 1.54) is 0 Å². The molecule has 0 radical (unpaired) electrons. The van der Waals surface area contributed by atoms with E-state index in [0.717, 1.165) is 37.6 Å². The molecular formula is C16H24N6O. The van der Waals surface area contributed by atoms with Crippen LogP contribution in [0.3, 0.4) is 0 Å². The van der Waals surface area contributed by atoms with Crippen LogP contribution in [0.2, 0.25) is 0 Å². The zero-order chi connectivity index (χ0) is 16.3. The van der Waals surface area contributed by atoms with E-state index >= 15 is 0 Å². The van der Waals surface area contributed by atoms with E-state index in [1.807, 2.05) is 49.3 Å². The maximum absolute atomic E-state index is 10.8. The van der Waals surface area contributed by atoms with Gasteiger partial charge in [0.25, 0.3) is 0 Å². The fourth-order valence-corrected chi connectivity index (χ4v) is 3.24. The highest BCUT2D eigenvalue weighted by Crippen LogP contribution is 2.26. The minimum absolute atomic E-state index is 0.636. The van der Waals surface area contributed by atoms with Crippen LogP contribution in [0, 0.1) is 0 Å². The van der Waals surface area contributed by atoms with E-state index in [9.17, 15) is 5.11 Å². The topological polar surface area (TPSA) is 70.3 Å². The van der Waals surface area contributed by atoms with E-state index in [2.05, 4.69) is 20.4 Å². The monoisotopic (exact) mass is 316 g/mol. The zero-order valence-corrected chi connectivity index (χ0v) is 13.8. The van der Waals surface area contributed by atoms with Gasteiger partial charge in [0.1, 0.15) is 0 Å². The number of aromatic nitrogens is 4. The Morgan fingerprint density at radius 1 is 1.17 bits per heavy atom. The second-order valence-electron chi connectivity index (χ2n) is 6.53. The van der Waals surface area contributed by atoms with Gasteiger partial charge in [-0.2, -0.15) is 4.68 Å². The summed E-state index contributed by atoms with van der Waals surface area (Å²) in [5.41, 5.74) is 0.309. The van der Waals surface area contributed by atoms with Crippen molar-refractivity contribution in [2.45, 2.75) is 24.9 Å². The van der Waals surface area contributed by atoms with Crippen molar-refractivity contribution in [3.8, 4) is 5.69 Å². The lowest BCUT2D eigenvalue weighted by Crippen LogP contribution is -2.41. The molecular weight excluding hydrogens is 292 g/mol. The minimum Gasteiger partial charge on any atom is -0.388 e. The first-order chi connectivity index (χ1) is 11.1. The van der Waals surface area contributed by atoms with E-state index in [4.69, 9.17) is 0 Å².